The van der Waals surface area contributed by atoms with E-state index in [-0.39, 0.29) is 53.8 Å². The van der Waals surface area contributed by atoms with Gasteiger partial charge in [-0.05, 0) is 103 Å². The molecule has 7 aliphatic rings. The van der Waals surface area contributed by atoms with Gasteiger partial charge >= 0.3 is 0 Å². The maximum absolute atomic E-state index is 13.8. The van der Waals surface area contributed by atoms with Gasteiger partial charge in [0.15, 0.2) is 5.82 Å². The minimum Gasteiger partial charge on any atom is -0.341 e. The third-order valence-electron chi connectivity index (χ3n) is 14.2. The first-order valence-electron chi connectivity index (χ1n) is 21.5. The molecule has 6 aliphatic heterocycles. The number of likely N-dealkylation sites (tertiary alicyclic amines) is 1. The Balaban J connectivity index is 0.828. The van der Waals surface area contributed by atoms with Crippen molar-refractivity contribution < 1.29 is 28.8 Å². The number of benzene rings is 2. The van der Waals surface area contributed by atoms with Crippen LogP contribution in [0.1, 0.15) is 132 Å². The quantitative estimate of drug-likeness (QED) is 0.378. The molecule has 7 heterocycles. The van der Waals surface area contributed by atoms with E-state index in [1.807, 2.05) is 14.7 Å². The summed E-state index contributed by atoms with van der Waals surface area (Å²) < 4.78 is 2.25. The molecular formula is C45H52N8O6. The number of carbonyl (C=O) groups is 6. The van der Waals surface area contributed by atoms with Gasteiger partial charge < -0.3 is 14.7 Å². The van der Waals surface area contributed by atoms with Gasteiger partial charge in [-0.1, -0.05) is 19.9 Å². The van der Waals surface area contributed by atoms with E-state index in [4.69, 9.17) is 5.10 Å². The molecule has 308 valence electrons. The van der Waals surface area contributed by atoms with E-state index < -0.39 is 29.7 Å². The number of hydrogen-bond donors (Lipinski definition) is 1. The predicted octanol–water partition coefficient (Wildman–Crippen LogP) is 4.07. The van der Waals surface area contributed by atoms with Crippen molar-refractivity contribution in [3.8, 4) is 0 Å². The number of nitrogens with one attached hydrogen (secondary N) is 1. The van der Waals surface area contributed by atoms with Crippen LogP contribution in [0.15, 0.2) is 24.3 Å². The van der Waals surface area contributed by atoms with E-state index in [0.29, 0.717) is 39.3 Å². The smallest absolute Gasteiger partial charge is 0.262 e. The lowest BCUT2D eigenvalue weighted by Crippen LogP contribution is -2.54. The average molecular weight is 801 g/mol. The highest BCUT2D eigenvalue weighted by Crippen LogP contribution is 2.45. The lowest BCUT2D eigenvalue weighted by Gasteiger charge is -2.37. The fraction of sp³-hybridized carbons (Fsp3) is 0.533. The number of imide groups is 2. The van der Waals surface area contributed by atoms with Crippen LogP contribution >= 0.6 is 0 Å². The molecule has 14 nitrogen and oxygen atoms in total. The zero-order valence-corrected chi connectivity index (χ0v) is 34.3. The van der Waals surface area contributed by atoms with Crippen LogP contribution in [0.3, 0.4) is 0 Å². The number of amides is 6. The fourth-order valence-corrected chi connectivity index (χ4v) is 11.0. The molecule has 0 saturated carbocycles. The maximum atomic E-state index is 13.8. The zero-order chi connectivity index (χ0) is 40.9. The number of nitrogens with zero attached hydrogens (tertiary/aromatic N) is 7. The lowest BCUT2D eigenvalue weighted by molar-refractivity contribution is -0.136. The number of fused-ring (bicyclic) bond motifs is 5. The van der Waals surface area contributed by atoms with Crippen molar-refractivity contribution in [2.75, 3.05) is 37.6 Å². The molecule has 1 unspecified atom stereocenters. The number of hydrogen-bond acceptors (Lipinski definition) is 9. The molecule has 1 aliphatic carbocycles. The molecule has 2 aromatic carbocycles. The van der Waals surface area contributed by atoms with Crippen molar-refractivity contribution in [2.45, 2.75) is 122 Å². The Bertz CT molecular complexity index is 2310. The third kappa shape index (κ3) is 6.36. The fourth-order valence-electron chi connectivity index (χ4n) is 11.0. The molecule has 1 atom stereocenters. The minimum absolute atomic E-state index is 0.0523. The van der Waals surface area contributed by atoms with Gasteiger partial charge in [0, 0.05) is 76.0 Å². The van der Waals surface area contributed by atoms with E-state index in [2.05, 4.69) is 40.9 Å². The van der Waals surface area contributed by atoms with Crippen molar-refractivity contribution in [2.24, 2.45) is 0 Å². The first kappa shape index (κ1) is 37.9. The summed E-state index contributed by atoms with van der Waals surface area (Å²) in [7, 11) is 0. The van der Waals surface area contributed by atoms with Crippen molar-refractivity contribution in [3.05, 3.63) is 74.5 Å². The molecule has 1 aromatic heterocycles. The monoisotopic (exact) mass is 800 g/mol. The normalized spacial score (nSPS) is 22.9. The second-order valence-electron chi connectivity index (χ2n) is 18.4. The highest BCUT2D eigenvalue weighted by atomic mass is 16.2. The van der Waals surface area contributed by atoms with Crippen LogP contribution in [0.25, 0.3) is 0 Å². The zero-order valence-electron chi connectivity index (χ0n) is 34.3. The Morgan fingerprint density at radius 1 is 0.780 bits per heavy atom. The van der Waals surface area contributed by atoms with Crippen LogP contribution in [-0.4, -0.2) is 104 Å². The van der Waals surface area contributed by atoms with Crippen molar-refractivity contribution in [3.63, 3.8) is 0 Å². The van der Waals surface area contributed by atoms with Crippen molar-refractivity contribution in [1.29, 1.82) is 0 Å². The summed E-state index contributed by atoms with van der Waals surface area (Å²) >= 11 is 0. The molecular weight excluding hydrogens is 749 g/mol. The number of rotatable bonds is 5. The van der Waals surface area contributed by atoms with Crippen LogP contribution in [0.2, 0.25) is 0 Å². The SMILES string of the molecule is CC(=O)N1CCc2c(c(N3CCCc4cc5c(cc43)C(C)(C)CCC5)nn2C2CCN(C(=O)CN3Cc4cc5c(cc4C3)C(=O)N(C3CCC(=O)NC3=O)C5=O)CC2)C1. The summed E-state index contributed by atoms with van der Waals surface area (Å²) in [6.45, 7) is 10.9. The first-order valence-corrected chi connectivity index (χ1v) is 21.5. The summed E-state index contributed by atoms with van der Waals surface area (Å²) in [5, 5.41) is 7.68. The summed E-state index contributed by atoms with van der Waals surface area (Å²) in [6.07, 6.45) is 8.17. The lowest BCUT2D eigenvalue weighted by atomic mass is 9.72. The van der Waals surface area contributed by atoms with Gasteiger partial charge in [0.25, 0.3) is 11.8 Å². The number of aryl methyl sites for hydroxylation is 2. The van der Waals surface area contributed by atoms with Crippen LogP contribution < -0.4 is 10.2 Å². The third-order valence-corrected chi connectivity index (χ3v) is 14.2. The van der Waals surface area contributed by atoms with Crippen LogP contribution in [-0.2, 0) is 63.5 Å². The molecule has 0 spiro atoms. The molecule has 6 amide bonds. The second-order valence-corrected chi connectivity index (χ2v) is 18.4. The van der Waals surface area contributed by atoms with Gasteiger partial charge in [-0.25, -0.2) is 0 Å². The number of anilines is 2. The van der Waals surface area contributed by atoms with E-state index in [0.717, 1.165) is 72.5 Å². The summed E-state index contributed by atoms with van der Waals surface area (Å²) in [5.41, 5.74) is 10.4. The minimum atomic E-state index is -1.00. The average Bonchev–Trinajstić information content (AvgIpc) is 3.87. The second kappa shape index (κ2) is 14.1. The van der Waals surface area contributed by atoms with E-state index in [1.54, 1.807) is 19.1 Å². The Hall–Kier alpha value is -5.37. The Labute approximate surface area is 343 Å². The molecule has 0 bridgehead atoms. The molecule has 3 aromatic rings. The molecule has 14 heteroatoms. The van der Waals surface area contributed by atoms with Crippen molar-refractivity contribution >= 4 is 46.9 Å². The van der Waals surface area contributed by atoms with Gasteiger partial charge in [-0.2, -0.15) is 5.10 Å². The van der Waals surface area contributed by atoms with Crippen LogP contribution in [0, 0.1) is 0 Å². The Morgan fingerprint density at radius 3 is 2.19 bits per heavy atom. The van der Waals surface area contributed by atoms with Gasteiger partial charge in [-0.3, -0.25) is 48.6 Å². The van der Waals surface area contributed by atoms with Crippen molar-refractivity contribution in [1.82, 2.24) is 34.7 Å². The predicted molar refractivity (Wildman–Crippen MR) is 217 cm³/mol. The van der Waals surface area contributed by atoms with Gasteiger partial charge in [0.05, 0.1) is 30.3 Å². The molecule has 10 rings (SSSR count). The standard InChI is InChI=1S/C45H52N8O6/c1-26(54)50-17-12-36-34(24-50)41(51-14-5-7-28-18-27-6-4-13-45(2,3)35(27)21-38(28)51)47-53(36)31-10-15-49(16-11-31)40(56)25-48-22-29-19-32-33(20-30(29)23-48)44(59)52(43(32)58)37-8-9-39(55)46-42(37)57/h18-21,31,37H,4-17,22-25H2,1-3H3,(H,46,55,57). The summed E-state index contributed by atoms with van der Waals surface area (Å²) in [5.74, 6) is -0.968. The van der Waals surface area contributed by atoms with Gasteiger partial charge in [0.2, 0.25) is 23.6 Å². The Morgan fingerprint density at radius 2 is 1.49 bits per heavy atom. The largest absolute Gasteiger partial charge is 0.341 e. The number of carbonyl (C=O) groups excluding carboxylic acids is 6. The topological polar surface area (TPSA) is 148 Å². The Kier molecular flexibility index (Phi) is 9.07. The highest BCUT2D eigenvalue weighted by Gasteiger charge is 2.46. The molecule has 59 heavy (non-hydrogen) atoms. The van der Waals surface area contributed by atoms with E-state index >= 15 is 0 Å². The molecule has 2 fully saturated rings. The van der Waals surface area contributed by atoms with E-state index in [9.17, 15) is 28.8 Å². The molecule has 2 saturated heterocycles. The van der Waals surface area contributed by atoms with E-state index in [1.165, 1.54) is 40.9 Å². The maximum Gasteiger partial charge on any atom is 0.262 e. The summed E-state index contributed by atoms with van der Waals surface area (Å²) in [6, 6.07) is 7.52. The highest BCUT2D eigenvalue weighted by molar-refractivity contribution is 6.23. The van der Waals surface area contributed by atoms with Gasteiger partial charge in [0.1, 0.15) is 6.04 Å². The number of aromatic nitrogens is 2. The summed E-state index contributed by atoms with van der Waals surface area (Å²) in [4.78, 5) is 86.8. The van der Waals surface area contributed by atoms with Gasteiger partial charge in [-0.15, -0.1) is 0 Å². The van der Waals surface area contributed by atoms with Crippen LogP contribution in [0.4, 0.5) is 11.5 Å². The molecule has 1 N–H and O–H groups in total. The molecule has 0 radical (unpaired) electrons. The van der Waals surface area contributed by atoms with Crippen LogP contribution in [0.5, 0.6) is 0 Å². The number of piperidine rings is 2. The first-order chi connectivity index (χ1) is 28.3.